The molecule has 1 saturated heterocycles. The maximum atomic E-state index is 12.5. The average molecular weight is 299 g/mol. The van der Waals surface area contributed by atoms with Crippen molar-refractivity contribution in [3.8, 4) is 6.07 Å². The predicted octanol–water partition coefficient (Wildman–Crippen LogP) is 1.23. The summed E-state index contributed by atoms with van der Waals surface area (Å²) in [4.78, 5) is 16.6. The Hall–Kier alpha value is -1.90. The summed E-state index contributed by atoms with van der Waals surface area (Å²) < 4.78 is 0. The van der Waals surface area contributed by atoms with Gasteiger partial charge in [0.1, 0.15) is 0 Å². The van der Waals surface area contributed by atoms with Crippen LogP contribution >= 0.6 is 0 Å². The Kier molecular flexibility index (Phi) is 4.41. The van der Waals surface area contributed by atoms with Gasteiger partial charge in [0.15, 0.2) is 0 Å². The van der Waals surface area contributed by atoms with Crippen molar-refractivity contribution in [2.45, 2.75) is 31.4 Å². The minimum Gasteiger partial charge on any atom is -0.391 e. The maximum Gasteiger partial charge on any atom is 0.253 e. The Morgan fingerprint density at radius 2 is 1.82 bits per heavy atom. The molecule has 1 aliphatic heterocycles. The first-order valence-corrected chi connectivity index (χ1v) is 7.90. The molecule has 1 heterocycles. The fraction of sp³-hybridized carbons (Fsp3) is 0.529. The monoisotopic (exact) mass is 299 g/mol. The number of aliphatic hydroxyl groups excluding tert-OH is 1. The number of rotatable bonds is 2. The molecule has 0 bridgehead atoms. The third-order valence-electron chi connectivity index (χ3n) is 4.78. The van der Waals surface area contributed by atoms with E-state index in [-0.39, 0.29) is 18.1 Å². The van der Waals surface area contributed by atoms with Gasteiger partial charge in [-0.05, 0) is 43.5 Å². The highest BCUT2D eigenvalue weighted by atomic mass is 16.3. The van der Waals surface area contributed by atoms with Gasteiger partial charge in [-0.25, -0.2) is 0 Å². The van der Waals surface area contributed by atoms with E-state index in [2.05, 4.69) is 11.0 Å². The van der Waals surface area contributed by atoms with Gasteiger partial charge in [-0.15, -0.1) is 0 Å². The highest BCUT2D eigenvalue weighted by Crippen LogP contribution is 2.25. The minimum atomic E-state index is -0.208. The van der Waals surface area contributed by atoms with Gasteiger partial charge >= 0.3 is 0 Å². The van der Waals surface area contributed by atoms with E-state index < -0.39 is 0 Å². The molecule has 1 N–H and O–H groups in total. The number of aliphatic hydroxyl groups is 1. The molecule has 3 rings (SSSR count). The standard InChI is InChI=1S/C17H21N3O2/c18-12-13-4-6-14(7-5-13)17(22)20-10-8-19(9-11-20)15-2-1-3-16(15)21/h4-7,15-16,21H,1-3,8-11H2/t15-,16-/m1/s1. The molecule has 22 heavy (non-hydrogen) atoms. The van der Waals surface area contributed by atoms with Crippen LogP contribution < -0.4 is 0 Å². The molecule has 5 nitrogen and oxygen atoms in total. The molecule has 5 heteroatoms. The lowest BCUT2D eigenvalue weighted by Gasteiger charge is -2.39. The topological polar surface area (TPSA) is 67.6 Å². The van der Waals surface area contributed by atoms with Crippen LogP contribution in [0.2, 0.25) is 0 Å². The average Bonchev–Trinajstić information content (AvgIpc) is 3.00. The molecule has 2 fully saturated rings. The molecule has 2 aliphatic rings. The van der Waals surface area contributed by atoms with Gasteiger partial charge in [0.2, 0.25) is 0 Å². The lowest BCUT2D eigenvalue weighted by atomic mass is 10.1. The summed E-state index contributed by atoms with van der Waals surface area (Å²) in [5, 5.41) is 18.8. The van der Waals surface area contributed by atoms with E-state index in [9.17, 15) is 9.90 Å². The molecule has 0 spiro atoms. The van der Waals surface area contributed by atoms with Crippen molar-refractivity contribution in [3.05, 3.63) is 35.4 Å². The van der Waals surface area contributed by atoms with Crippen LogP contribution in [0.5, 0.6) is 0 Å². The van der Waals surface area contributed by atoms with Gasteiger partial charge in [0, 0.05) is 37.8 Å². The summed E-state index contributed by atoms with van der Waals surface area (Å²) >= 11 is 0. The molecule has 0 unspecified atom stereocenters. The molecule has 1 aromatic rings. The van der Waals surface area contributed by atoms with Gasteiger partial charge < -0.3 is 10.0 Å². The lowest BCUT2D eigenvalue weighted by Crippen LogP contribution is -2.53. The maximum absolute atomic E-state index is 12.5. The summed E-state index contributed by atoms with van der Waals surface area (Å²) in [6.07, 6.45) is 2.84. The summed E-state index contributed by atoms with van der Waals surface area (Å²) in [6, 6.07) is 9.12. The van der Waals surface area contributed by atoms with Gasteiger partial charge in [-0.2, -0.15) is 5.26 Å². The third kappa shape index (κ3) is 2.99. The normalized spacial score (nSPS) is 25.9. The molecule has 0 aromatic heterocycles. The summed E-state index contributed by atoms with van der Waals surface area (Å²) in [7, 11) is 0. The van der Waals surface area contributed by atoms with Crippen LogP contribution in [0.3, 0.4) is 0 Å². The second kappa shape index (κ2) is 6.47. The van der Waals surface area contributed by atoms with E-state index in [1.165, 1.54) is 0 Å². The Morgan fingerprint density at radius 3 is 2.36 bits per heavy atom. The van der Waals surface area contributed by atoms with Gasteiger partial charge in [-0.3, -0.25) is 9.69 Å². The van der Waals surface area contributed by atoms with Gasteiger partial charge in [0.05, 0.1) is 17.7 Å². The number of hydrogen-bond acceptors (Lipinski definition) is 4. The largest absolute Gasteiger partial charge is 0.391 e. The predicted molar refractivity (Wildman–Crippen MR) is 82.3 cm³/mol. The summed E-state index contributed by atoms with van der Waals surface area (Å²) in [5.41, 5.74) is 1.20. The zero-order chi connectivity index (χ0) is 15.5. The first kappa shape index (κ1) is 15.0. The van der Waals surface area contributed by atoms with Crippen molar-refractivity contribution in [2.24, 2.45) is 0 Å². The fourth-order valence-corrected chi connectivity index (χ4v) is 3.47. The molecule has 1 saturated carbocycles. The highest BCUT2D eigenvalue weighted by Gasteiger charge is 2.33. The molecule has 0 radical (unpaired) electrons. The molecule has 1 amide bonds. The molecule has 1 aromatic carbocycles. The lowest BCUT2D eigenvalue weighted by molar-refractivity contribution is 0.0315. The Bertz CT molecular complexity index is 571. The van der Waals surface area contributed by atoms with Crippen LogP contribution in [-0.2, 0) is 0 Å². The van der Waals surface area contributed by atoms with Crippen molar-refractivity contribution in [2.75, 3.05) is 26.2 Å². The number of amides is 1. The number of carbonyl (C=O) groups excluding carboxylic acids is 1. The molecule has 1 aliphatic carbocycles. The quantitative estimate of drug-likeness (QED) is 0.892. The summed E-state index contributed by atoms with van der Waals surface area (Å²) in [5.74, 6) is 0.0242. The second-order valence-electron chi connectivity index (χ2n) is 6.08. The van der Waals surface area contributed by atoms with E-state index in [1.54, 1.807) is 24.3 Å². The van der Waals surface area contributed by atoms with Crippen LogP contribution in [0.4, 0.5) is 0 Å². The third-order valence-corrected chi connectivity index (χ3v) is 4.78. The van der Waals surface area contributed by atoms with Crippen molar-refractivity contribution in [1.82, 2.24) is 9.80 Å². The summed E-state index contributed by atoms with van der Waals surface area (Å²) in [6.45, 7) is 3.04. The van der Waals surface area contributed by atoms with E-state index in [1.807, 2.05) is 4.90 Å². The number of hydrogen-bond donors (Lipinski definition) is 1. The van der Waals surface area contributed by atoms with E-state index in [4.69, 9.17) is 5.26 Å². The molecule has 116 valence electrons. The van der Waals surface area contributed by atoms with Crippen LogP contribution in [-0.4, -0.2) is 59.1 Å². The minimum absolute atomic E-state index is 0.0242. The van der Waals surface area contributed by atoms with Crippen molar-refractivity contribution >= 4 is 5.91 Å². The van der Waals surface area contributed by atoms with E-state index in [0.29, 0.717) is 24.2 Å². The molecular formula is C17H21N3O2. The second-order valence-corrected chi connectivity index (χ2v) is 6.08. The van der Waals surface area contributed by atoms with E-state index in [0.717, 1.165) is 32.4 Å². The van der Waals surface area contributed by atoms with Crippen LogP contribution in [0, 0.1) is 11.3 Å². The number of benzene rings is 1. The Balaban J connectivity index is 1.58. The van der Waals surface area contributed by atoms with Crippen molar-refractivity contribution in [1.29, 1.82) is 5.26 Å². The first-order chi connectivity index (χ1) is 10.7. The van der Waals surface area contributed by atoms with Crippen LogP contribution in [0.1, 0.15) is 35.2 Å². The molecular weight excluding hydrogens is 278 g/mol. The Morgan fingerprint density at radius 1 is 1.14 bits per heavy atom. The van der Waals surface area contributed by atoms with Gasteiger partial charge in [-0.1, -0.05) is 0 Å². The van der Waals surface area contributed by atoms with Crippen LogP contribution in [0.25, 0.3) is 0 Å². The fourth-order valence-electron chi connectivity index (χ4n) is 3.47. The van der Waals surface area contributed by atoms with Gasteiger partial charge in [0.25, 0.3) is 5.91 Å². The highest BCUT2D eigenvalue weighted by molar-refractivity contribution is 5.94. The zero-order valence-electron chi connectivity index (χ0n) is 12.6. The smallest absolute Gasteiger partial charge is 0.253 e. The number of piperazine rings is 1. The van der Waals surface area contributed by atoms with Crippen molar-refractivity contribution < 1.29 is 9.90 Å². The number of nitrogens with zero attached hydrogens (tertiary/aromatic N) is 3. The Labute approximate surface area is 130 Å². The zero-order valence-corrected chi connectivity index (χ0v) is 12.6. The number of carbonyl (C=O) groups is 1. The van der Waals surface area contributed by atoms with Crippen molar-refractivity contribution in [3.63, 3.8) is 0 Å². The van der Waals surface area contributed by atoms with Crippen LogP contribution in [0.15, 0.2) is 24.3 Å². The first-order valence-electron chi connectivity index (χ1n) is 7.90. The van der Waals surface area contributed by atoms with E-state index >= 15 is 0 Å². The number of nitriles is 1. The SMILES string of the molecule is N#Cc1ccc(C(=O)N2CCN([C@@H]3CCC[C@H]3O)CC2)cc1. The molecule has 2 atom stereocenters.